The molecule has 0 aromatic heterocycles. The highest BCUT2D eigenvalue weighted by atomic mass is 32.2. The molecule has 1 aromatic carbocycles. The normalized spacial score (nSPS) is 11.3. The molecule has 1 rings (SSSR count). The first kappa shape index (κ1) is 14.8. The fourth-order valence-corrected chi connectivity index (χ4v) is 1.68. The second-order valence-corrected chi connectivity index (χ2v) is 4.97. The van der Waals surface area contributed by atoms with E-state index in [0.717, 1.165) is 18.2 Å². The fraction of sp³-hybridized carbons (Fsp3) is 0.111. The Kier molecular flexibility index (Phi) is 4.04. The third-order valence-corrected chi connectivity index (χ3v) is 2.91. The summed E-state index contributed by atoms with van der Waals surface area (Å²) in [6.07, 6.45) is 0. The lowest BCUT2D eigenvalue weighted by Gasteiger charge is -2.08. The molecule has 3 N–H and O–H groups in total. The van der Waals surface area contributed by atoms with Gasteiger partial charge in [0.05, 0.1) is 16.8 Å². The molecule has 7 nitrogen and oxygen atoms in total. The highest BCUT2D eigenvalue weighted by Crippen LogP contribution is 2.18. The average Bonchev–Trinajstić information content (AvgIpc) is 2.27. The molecule has 0 atom stereocenters. The Morgan fingerprint density at radius 3 is 1.79 bits per heavy atom. The van der Waals surface area contributed by atoms with E-state index in [1.54, 1.807) is 0 Å². The molecule has 1 aromatic rings. The van der Waals surface area contributed by atoms with Gasteiger partial charge in [0.2, 0.25) is 0 Å². The second kappa shape index (κ2) is 5.18. The van der Waals surface area contributed by atoms with E-state index >= 15 is 0 Å². The minimum Gasteiger partial charge on any atom is -0.478 e. The van der Waals surface area contributed by atoms with Crippen molar-refractivity contribution in [3.63, 3.8) is 0 Å². The van der Waals surface area contributed by atoms with Crippen LogP contribution in [0, 0.1) is 0 Å². The van der Waals surface area contributed by atoms with Crippen molar-refractivity contribution in [2.24, 2.45) is 0 Å². The number of aromatic carboxylic acids is 2. The summed E-state index contributed by atoms with van der Waals surface area (Å²) in [6, 6.07) is 2.23. The zero-order valence-corrected chi connectivity index (χ0v) is 9.82. The Balaban J connectivity index is 3.29. The van der Waals surface area contributed by atoms with Gasteiger partial charge in [0.1, 0.15) is 0 Å². The number of carboxylic acid groups (broad SMARTS) is 2. The SMILES string of the molecule is O=C(O)c1cc(NS(=O)(=O)C(F)F)cc(C(=O)O)c1. The Morgan fingerprint density at radius 1 is 1.05 bits per heavy atom. The van der Waals surface area contributed by atoms with Crippen LogP contribution in [0.15, 0.2) is 18.2 Å². The summed E-state index contributed by atoms with van der Waals surface area (Å²) in [6.45, 7) is 0. The maximum absolute atomic E-state index is 12.1. The van der Waals surface area contributed by atoms with Gasteiger partial charge >= 0.3 is 17.7 Å². The van der Waals surface area contributed by atoms with Gasteiger partial charge in [-0.15, -0.1) is 0 Å². The molecule has 0 aliphatic rings. The standard InChI is InChI=1S/C9H7F2NO6S/c10-9(11)19(17,18)12-6-2-4(7(13)14)1-5(3-6)8(15)16/h1-3,9,12H,(H,13,14)(H,15,16). The zero-order chi connectivity index (χ0) is 14.8. The van der Waals surface area contributed by atoms with Gasteiger partial charge in [-0.25, -0.2) is 18.0 Å². The lowest BCUT2D eigenvalue weighted by atomic mass is 10.1. The fourth-order valence-electron chi connectivity index (χ4n) is 1.14. The van der Waals surface area contributed by atoms with Gasteiger partial charge in [0.15, 0.2) is 0 Å². The smallest absolute Gasteiger partial charge is 0.355 e. The van der Waals surface area contributed by atoms with Crippen molar-refractivity contribution in [3.05, 3.63) is 29.3 Å². The first-order valence-electron chi connectivity index (χ1n) is 4.55. The van der Waals surface area contributed by atoms with Crippen molar-refractivity contribution in [3.8, 4) is 0 Å². The highest BCUT2D eigenvalue weighted by Gasteiger charge is 2.24. The average molecular weight is 295 g/mol. The van der Waals surface area contributed by atoms with E-state index in [4.69, 9.17) is 10.2 Å². The summed E-state index contributed by atoms with van der Waals surface area (Å²) in [5.41, 5.74) is -1.67. The van der Waals surface area contributed by atoms with Gasteiger partial charge in [-0.1, -0.05) is 0 Å². The monoisotopic (exact) mass is 295 g/mol. The number of anilines is 1. The van der Waals surface area contributed by atoms with Gasteiger partial charge < -0.3 is 10.2 Å². The van der Waals surface area contributed by atoms with E-state index < -0.39 is 44.5 Å². The molecule has 10 heteroatoms. The summed E-state index contributed by atoms with van der Waals surface area (Å²) in [7, 11) is -5.01. The largest absolute Gasteiger partial charge is 0.478 e. The zero-order valence-electron chi connectivity index (χ0n) is 9.00. The van der Waals surface area contributed by atoms with E-state index in [1.807, 2.05) is 0 Å². The van der Waals surface area contributed by atoms with Crippen molar-refractivity contribution in [1.82, 2.24) is 0 Å². The number of hydrogen-bond donors (Lipinski definition) is 3. The summed E-state index contributed by atoms with van der Waals surface area (Å²) >= 11 is 0. The molecule has 0 saturated heterocycles. The minimum atomic E-state index is -5.01. The first-order chi connectivity index (χ1) is 8.63. The van der Waals surface area contributed by atoms with Crippen molar-refractivity contribution in [1.29, 1.82) is 0 Å². The number of carbonyl (C=O) groups is 2. The van der Waals surface area contributed by atoms with Gasteiger partial charge in [0, 0.05) is 0 Å². The third-order valence-electron chi connectivity index (χ3n) is 1.92. The van der Waals surface area contributed by atoms with Gasteiger partial charge in [0.25, 0.3) is 10.0 Å². The number of rotatable bonds is 5. The van der Waals surface area contributed by atoms with Crippen LogP contribution in [-0.2, 0) is 10.0 Å². The second-order valence-electron chi connectivity index (χ2n) is 3.32. The number of hydrogen-bond acceptors (Lipinski definition) is 4. The van der Waals surface area contributed by atoms with E-state index in [-0.39, 0.29) is 0 Å². The molecule has 0 radical (unpaired) electrons. The molecule has 0 amide bonds. The van der Waals surface area contributed by atoms with Crippen LogP contribution in [0.4, 0.5) is 14.5 Å². The van der Waals surface area contributed by atoms with Crippen LogP contribution in [0.3, 0.4) is 0 Å². The Morgan fingerprint density at radius 2 is 1.47 bits per heavy atom. The van der Waals surface area contributed by atoms with Crippen LogP contribution < -0.4 is 4.72 Å². The topological polar surface area (TPSA) is 121 Å². The summed E-state index contributed by atoms with van der Waals surface area (Å²) in [5.74, 6) is -6.78. The van der Waals surface area contributed by atoms with Crippen molar-refractivity contribution in [2.45, 2.75) is 5.76 Å². The highest BCUT2D eigenvalue weighted by molar-refractivity contribution is 7.93. The molecule has 0 aliphatic carbocycles. The molecular weight excluding hydrogens is 288 g/mol. The Labute approximate surface area is 105 Å². The summed E-state index contributed by atoms with van der Waals surface area (Å²) in [5, 5.41) is 17.4. The molecule has 0 fully saturated rings. The molecule has 19 heavy (non-hydrogen) atoms. The molecular formula is C9H7F2NO6S. The van der Waals surface area contributed by atoms with E-state index in [9.17, 15) is 26.8 Å². The molecule has 0 heterocycles. The van der Waals surface area contributed by atoms with Crippen LogP contribution in [0.1, 0.15) is 20.7 Å². The van der Waals surface area contributed by atoms with Gasteiger partial charge in [-0.05, 0) is 18.2 Å². The molecule has 0 spiro atoms. The van der Waals surface area contributed by atoms with Crippen LogP contribution in [-0.4, -0.2) is 36.3 Å². The molecule has 0 unspecified atom stereocenters. The van der Waals surface area contributed by atoms with E-state index in [0.29, 0.717) is 0 Å². The number of alkyl halides is 2. The quantitative estimate of drug-likeness (QED) is 0.746. The molecule has 104 valence electrons. The van der Waals surface area contributed by atoms with E-state index in [1.165, 1.54) is 4.72 Å². The third kappa shape index (κ3) is 3.61. The maximum Gasteiger partial charge on any atom is 0.355 e. The van der Waals surface area contributed by atoms with E-state index in [2.05, 4.69) is 0 Å². The maximum atomic E-state index is 12.1. The lowest BCUT2D eigenvalue weighted by Crippen LogP contribution is -2.21. The number of halogens is 2. The van der Waals surface area contributed by atoms with Gasteiger partial charge in [-0.3, -0.25) is 4.72 Å². The molecule has 0 bridgehead atoms. The number of nitrogens with one attached hydrogen (secondary N) is 1. The predicted octanol–water partition coefficient (Wildman–Crippen LogP) is 1.05. The number of sulfonamides is 1. The Hall–Kier alpha value is -2.23. The van der Waals surface area contributed by atoms with Gasteiger partial charge in [-0.2, -0.15) is 8.78 Å². The van der Waals surface area contributed by atoms with Crippen molar-refractivity contribution in [2.75, 3.05) is 4.72 Å². The van der Waals surface area contributed by atoms with Crippen LogP contribution >= 0.6 is 0 Å². The van der Waals surface area contributed by atoms with Crippen LogP contribution in [0.5, 0.6) is 0 Å². The number of carboxylic acids is 2. The lowest BCUT2D eigenvalue weighted by molar-refractivity contribution is 0.0696. The predicted molar refractivity (Wildman–Crippen MR) is 58.9 cm³/mol. The van der Waals surface area contributed by atoms with Crippen molar-refractivity contribution < 1.29 is 37.0 Å². The molecule has 0 saturated carbocycles. The van der Waals surface area contributed by atoms with Crippen molar-refractivity contribution >= 4 is 27.6 Å². The number of benzene rings is 1. The molecule has 0 aliphatic heterocycles. The first-order valence-corrected chi connectivity index (χ1v) is 6.09. The minimum absolute atomic E-state index is 0.549. The Bertz CT molecular complexity index is 595. The summed E-state index contributed by atoms with van der Waals surface area (Å²) < 4.78 is 47.5. The van der Waals surface area contributed by atoms with Crippen LogP contribution in [0.2, 0.25) is 0 Å². The van der Waals surface area contributed by atoms with Crippen LogP contribution in [0.25, 0.3) is 0 Å². The summed E-state index contributed by atoms with van der Waals surface area (Å²) in [4.78, 5) is 21.4.